The Morgan fingerprint density at radius 1 is 1.00 bits per heavy atom. The van der Waals surface area contributed by atoms with E-state index < -0.39 is 30.1 Å². The molecule has 10 heteroatoms. The second-order valence-corrected chi connectivity index (χ2v) is 6.08. The third-order valence-corrected chi connectivity index (χ3v) is 3.85. The van der Waals surface area contributed by atoms with Crippen LogP contribution in [0.2, 0.25) is 0 Å². The summed E-state index contributed by atoms with van der Waals surface area (Å²) in [5.41, 5.74) is 0.774. The molecule has 7 nitrogen and oxygen atoms in total. The van der Waals surface area contributed by atoms with E-state index in [0.29, 0.717) is 17.1 Å². The van der Waals surface area contributed by atoms with Gasteiger partial charge in [0, 0.05) is 17.3 Å². The molecule has 0 aromatic heterocycles. The number of carbonyl (C=O) groups is 2. The van der Waals surface area contributed by atoms with E-state index in [1.54, 1.807) is 18.2 Å². The van der Waals surface area contributed by atoms with Gasteiger partial charge in [0.25, 0.3) is 5.91 Å². The fourth-order valence-corrected chi connectivity index (χ4v) is 2.38. The molecule has 2 aromatic rings. The lowest BCUT2D eigenvalue weighted by atomic mass is 10.1. The van der Waals surface area contributed by atoms with Gasteiger partial charge in [-0.05, 0) is 55.5 Å². The van der Waals surface area contributed by atoms with Crippen LogP contribution in [0.15, 0.2) is 48.5 Å². The first-order valence-electron chi connectivity index (χ1n) is 8.88. The van der Waals surface area contributed by atoms with Crippen molar-refractivity contribution in [3.05, 3.63) is 54.1 Å². The van der Waals surface area contributed by atoms with Crippen LogP contribution in [0.1, 0.15) is 12.5 Å². The average Bonchev–Trinajstić information content (AvgIpc) is 2.72. The van der Waals surface area contributed by atoms with Gasteiger partial charge in [0.15, 0.2) is 6.10 Å². The van der Waals surface area contributed by atoms with Gasteiger partial charge in [-0.25, -0.2) is 4.79 Å². The maximum Gasteiger partial charge on any atom is 0.573 e. The number of amides is 1. The molecule has 0 aliphatic carbocycles. The van der Waals surface area contributed by atoms with E-state index in [9.17, 15) is 22.8 Å². The predicted molar refractivity (Wildman–Crippen MR) is 106 cm³/mol. The molecule has 0 fully saturated rings. The van der Waals surface area contributed by atoms with Crippen molar-refractivity contribution in [3.63, 3.8) is 0 Å². The lowest BCUT2D eigenvalue weighted by Gasteiger charge is -2.13. The summed E-state index contributed by atoms with van der Waals surface area (Å²) < 4.78 is 55.6. The molecular formula is C21H20F3NO6. The second kappa shape index (κ2) is 10.4. The number of rotatable bonds is 8. The van der Waals surface area contributed by atoms with Crippen LogP contribution in [0.4, 0.5) is 18.9 Å². The zero-order valence-electron chi connectivity index (χ0n) is 16.9. The monoisotopic (exact) mass is 439 g/mol. The summed E-state index contributed by atoms with van der Waals surface area (Å²) in [6.07, 6.45) is -3.39. The first-order valence-corrected chi connectivity index (χ1v) is 8.88. The quantitative estimate of drug-likeness (QED) is 0.491. The summed E-state index contributed by atoms with van der Waals surface area (Å²) in [5, 5.41) is 2.43. The topological polar surface area (TPSA) is 83.1 Å². The van der Waals surface area contributed by atoms with Crippen LogP contribution in [0.3, 0.4) is 0 Å². The Balaban J connectivity index is 1.94. The number of halogens is 3. The summed E-state index contributed by atoms with van der Waals surface area (Å²) in [6.45, 7) is 1.36. The molecule has 0 radical (unpaired) electrons. The van der Waals surface area contributed by atoms with E-state index in [1.165, 1.54) is 39.4 Å². The molecule has 0 heterocycles. The van der Waals surface area contributed by atoms with Crippen LogP contribution in [0.25, 0.3) is 6.08 Å². The van der Waals surface area contributed by atoms with Gasteiger partial charge >= 0.3 is 12.3 Å². The van der Waals surface area contributed by atoms with Gasteiger partial charge in [-0.15, -0.1) is 13.2 Å². The number of anilines is 1. The normalized spacial score (nSPS) is 12.2. The van der Waals surface area contributed by atoms with Crippen molar-refractivity contribution in [1.29, 1.82) is 0 Å². The minimum Gasteiger partial charge on any atom is -0.497 e. The number of ether oxygens (including phenoxy) is 4. The number of alkyl halides is 3. The van der Waals surface area contributed by atoms with Crippen molar-refractivity contribution < 1.29 is 41.7 Å². The molecular weight excluding hydrogens is 419 g/mol. The summed E-state index contributed by atoms with van der Waals surface area (Å²) in [4.78, 5) is 24.2. The number of nitrogens with one attached hydrogen (secondary N) is 1. The number of carbonyl (C=O) groups excluding carboxylic acids is 2. The molecule has 166 valence electrons. The molecule has 0 bridgehead atoms. The van der Waals surface area contributed by atoms with Gasteiger partial charge in [-0.3, -0.25) is 4.79 Å². The first kappa shape index (κ1) is 23.6. The summed E-state index contributed by atoms with van der Waals surface area (Å²) in [6, 6.07) is 9.57. The molecule has 0 aliphatic rings. The van der Waals surface area contributed by atoms with Gasteiger partial charge in [-0.1, -0.05) is 0 Å². The van der Waals surface area contributed by atoms with E-state index >= 15 is 0 Å². The molecule has 1 unspecified atom stereocenters. The fraction of sp³-hybridized carbons (Fsp3) is 0.238. The van der Waals surface area contributed by atoms with E-state index in [0.717, 1.165) is 18.2 Å². The van der Waals surface area contributed by atoms with Crippen LogP contribution in [0.5, 0.6) is 17.2 Å². The molecule has 0 saturated carbocycles. The summed E-state index contributed by atoms with van der Waals surface area (Å²) in [5.74, 6) is -0.795. The molecule has 0 spiro atoms. The molecule has 2 rings (SSSR count). The van der Waals surface area contributed by atoms with Crippen molar-refractivity contribution in [2.45, 2.75) is 19.4 Å². The van der Waals surface area contributed by atoms with Gasteiger partial charge < -0.3 is 24.3 Å². The fourth-order valence-electron chi connectivity index (χ4n) is 2.38. The lowest BCUT2D eigenvalue weighted by molar-refractivity contribution is -0.274. The van der Waals surface area contributed by atoms with E-state index in [1.807, 2.05) is 0 Å². The van der Waals surface area contributed by atoms with E-state index in [4.69, 9.17) is 14.2 Å². The number of hydrogen-bond donors (Lipinski definition) is 1. The molecule has 1 atom stereocenters. The summed E-state index contributed by atoms with van der Waals surface area (Å²) in [7, 11) is 2.98. The van der Waals surface area contributed by atoms with Crippen LogP contribution in [-0.2, 0) is 14.3 Å². The average molecular weight is 439 g/mol. The smallest absolute Gasteiger partial charge is 0.497 e. The highest BCUT2D eigenvalue weighted by atomic mass is 19.4. The van der Waals surface area contributed by atoms with Crippen LogP contribution < -0.4 is 19.5 Å². The van der Waals surface area contributed by atoms with Crippen LogP contribution in [0, 0.1) is 0 Å². The maximum absolute atomic E-state index is 12.2. The third-order valence-electron chi connectivity index (χ3n) is 3.85. The van der Waals surface area contributed by atoms with E-state index in [2.05, 4.69) is 10.1 Å². The minimum absolute atomic E-state index is 0.207. The third kappa shape index (κ3) is 7.57. The van der Waals surface area contributed by atoms with Crippen molar-refractivity contribution >= 4 is 23.6 Å². The molecule has 0 aliphatic heterocycles. The Bertz CT molecular complexity index is 941. The number of benzene rings is 2. The Labute approximate surface area is 176 Å². The Kier molecular flexibility index (Phi) is 7.89. The Morgan fingerprint density at radius 2 is 1.65 bits per heavy atom. The second-order valence-electron chi connectivity index (χ2n) is 6.08. The first-order chi connectivity index (χ1) is 14.6. The standard InChI is InChI=1S/C21H20F3NO6/c1-13(20(27)25-15-5-7-16(8-6-15)31-21(22,23)24)30-19(26)11-4-14-12-17(28-2)9-10-18(14)29-3/h4-13H,1-3H3,(H,25,27). The van der Waals surface area contributed by atoms with Crippen molar-refractivity contribution in [2.75, 3.05) is 19.5 Å². The van der Waals surface area contributed by atoms with Gasteiger partial charge in [0.2, 0.25) is 0 Å². The minimum atomic E-state index is -4.81. The molecule has 1 amide bonds. The summed E-state index contributed by atoms with van der Waals surface area (Å²) >= 11 is 0. The van der Waals surface area contributed by atoms with Gasteiger partial charge in [-0.2, -0.15) is 0 Å². The van der Waals surface area contributed by atoms with Crippen LogP contribution in [-0.4, -0.2) is 38.6 Å². The molecule has 31 heavy (non-hydrogen) atoms. The van der Waals surface area contributed by atoms with E-state index in [-0.39, 0.29) is 5.69 Å². The van der Waals surface area contributed by atoms with Gasteiger partial charge in [0.1, 0.15) is 17.2 Å². The number of esters is 1. The van der Waals surface area contributed by atoms with Gasteiger partial charge in [0.05, 0.1) is 14.2 Å². The predicted octanol–water partition coefficient (Wildman–Crippen LogP) is 4.19. The van der Waals surface area contributed by atoms with Crippen molar-refractivity contribution in [3.8, 4) is 17.2 Å². The highest BCUT2D eigenvalue weighted by Crippen LogP contribution is 2.25. The SMILES string of the molecule is COc1ccc(OC)c(C=CC(=O)OC(C)C(=O)Nc2ccc(OC(F)(F)F)cc2)c1. The maximum atomic E-state index is 12.2. The van der Waals surface area contributed by atoms with Crippen molar-refractivity contribution in [1.82, 2.24) is 0 Å². The highest BCUT2D eigenvalue weighted by molar-refractivity contribution is 5.96. The largest absolute Gasteiger partial charge is 0.573 e. The molecule has 2 aromatic carbocycles. The molecule has 0 saturated heterocycles. The van der Waals surface area contributed by atoms with Crippen LogP contribution >= 0.6 is 0 Å². The Hall–Kier alpha value is -3.69. The number of hydrogen-bond acceptors (Lipinski definition) is 6. The lowest BCUT2D eigenvalue weighted by Crippen LogP contribution is -2.29. The zero-order chi connectivity index (χ0) is 23.0. The zero-order valence-corrected chi connectivity index (χ0v) is 16.9. The number of methoxy groups -OCH3 is 2. The Morgan fingerprint density at radius 3 is 2.23 bits per heavy atom. The molecule has 1 N–H and O–H groups in total. The van der Waals surface area contributed by atoms with Crippen molar-refractivity contribution in [2.24, 2.45) is 0 Å². The highest BCUT2D eigenvalue weighted by Gasteiger charge is 2.31.